The van der Waals surface area contributed by atoms with Crippen LogP contribution in [0.15, 0.2) is 29.3 Å². The Morgan fingerprint density at radius 2 is 2.19 bits per heavy atom. The largest absolute Gasteiger partial charge is 0.381 e. The molecule has 2 saturated heterocycles. The van der Waals surface area contributed by atoms with E-state index in [1.54, 1.807) is 0 Å². The van der Waals surface area contributed by atoms with E-state index in [9.17, 15) is 0 Å². The third-order valence-electron chi connectivity index (χ3n) is 5.29. The Labute approximate surface area is 162 Å². The highest BCUT2D eigenvalue weighted by atomic mass is 16.5. The Morgan fingerprint density at radius 3 is 2.89 bits per heavy atom. The number of guanidine groups is 1. The van der Waals surface area contributed by atoms with Gasteiger partial charge in [0, 0.05) is 38.8 Å². The highest BCUT2D eigenvalue weighted by molar-refractivity contribution is 5.80. The van der Waals surface area contributed by atoms with Crippen molar-refractivity contribution in [2.24, 2.45) is 10.9 Å². The molecule has 0 amide bonds. The Morgan fingerprint density at radius 1 is 1.33 bits per heavy atom. The summed E-state index contributed by atoms with van der Waals surface area (Å²) in [7, 11) is 0. The lowest BCUT2D eigenvalue weighted by atomic mass is 10.0. The van der Waals surface area contributed by atoms with Gasteiger partial charge >= 0.3 is 0 Å². The Balaban J connectivity index is 1.48. The quantitative estimate of drug-likeness (QED) is 0.594. The predicted molar refractivity (Wildman–Crippen MR) is 107 cm³/mol. The first-order valence-electron chi connectivity index (χ1n) is 10.1. The van der Waals surface area contributed by atoms with Crippen LogP contribution in [-0.4, -0.2) is 56.3 Å². The fraction of sp³-hybridized carbons (Fsp3) is 0.619. The lowest BCUT2D eigenvalue weighted by Gasteiger charge is -2.34. The number of piperidine rings is 1. The van der Waals surface area contributed by atoms with Crippen molar-refractivity contribution in [1.29, 1.82) is 5.26 Å². The van der Waals surface area contributed by atoms with E-state index in [1.807, 2.05) is 24.3 Å². The fourth-order valence-corrected chi connectivity index (χ4v) is 3.78. The maximum absolute atomic E-state index is 9.03. The Hall–Kier alpha value is -2.10. The van der Waals surface area contributed by atoms with Gasteiger partial charge in [0.15, 0.2) is 5.96 Å². The van der Waals surface area contributed by atoms with E-state index in [0.717, 1.165) is 63.1 Å². The van der Waals surface area contributed by atoms with E-state index in [-0.39, 0.29) is 0 Å². The van der Waals surface area contributed by atoms with Crippen molar-refractivity contribution in [2.45, 2.75) is 38.8 Å². The zero-order valence-electron chi connectivity index (χ0n) is 16.3. The summed E-state index contributed by atoms with van der Waals surface area (Å²) in [6.07, 6.45) is 3.49. The number of hydrogen-bond donors (Lipinski definition) is 2. The maximum Gasteiger partial charge on any atom is 0.191 e. The summed E-state index contributed by atoms with van der Waals surface area (Å²) >= 11 is 0. The zero-order chi connectivity index (χ0) is 18.9. The number of benzene rings is 1. The first kappa shape index (κ1) is 19.7. The van der Waals surface area contributed by atoms with Crippen LogP contribution in [0.25, 0.3) is 0 Å². The third-order valence-corrected chi connectivity index (χ3v) is 5.29. The van der Waals surface area contributed by atoms with Crippen molar-refractivity contribution in [3.8, 4) is 6.07 Å². The van der Waals surface area contributed by atoms with Crippen molar-refractivity contribution < 1.29 is 4.74 Å². The first-order chi connectivity index (χ1) is 13.3. The van der Waals surface area contributed by atoms with Gasteiger partial charge in [-0.2, -0.15) is 5.26 Å². The van der Waals surface area contributed by atoms with Gasteiger partial charge in [0.1, 0.15) is 0 Å². The summed E-state index contributed by atoms with van der Waals surface area (Å²) in [4.78, 5) is 7.29. The molecule has 6 nitrogen and oxygen atoms in total. The lowest BCUT2D eigenvalue weighted by molar-refractivity contribution is 0.150. The van der Waals surface area contributed by atoms with Gasteiger partial charge in [0.2, 0.25) is 0 Å². The second-order valence-electron chi connectivity index (χ2n) is 7.46. The summed E-state index contributed by atoms with van der Waals surface area (Å²) in [5.41, 5.74) is 1.74. The van der Waals surface area contributed by atoms with E-state index in [1.165, 1.54) is 13.0 Å². The lowest BCUT2D eigenvalue weighted by Crippen LogP contribution is -2.49. The molecular weight excluding hydrogens is 338 g/mol. The van der Waals surface area contributed by atoms with Crippen molar-refractivity contribution in [1.82, 2.24) is 15.5 Å². The van der Waals surface area contributed by atoms with Crippen LogP contribution in [0.5, 0.6) is 0 Å². The molecule has 2 aliphatic heterocycles. The number of nitriles is 1. The maximum atomic E-state index is 9.03. The summed E-state index contributed by atoms with van der Waals surface area (Å²) in [6.45, 7) is 8.81. The van der Waals surface area contributed by atoms with Gasteiger partial charge in [0.25, 0.3) is 0 Å². The topological polar surface area (TPSA) is 72.7 Å². The number of likely N-dealkylation sites (tertiary alicyclic amines) is 1. The summed E-state index contributed by atoms with van der Waals surface area (Å²) in [5, 5.41) is 16.0. The summed E-state index contributed by atoms with van der Waals surface area (Å²) in [5.74, 6) is 1.58. The zero-order valence-corrected chi connectivity index (χ0v) is 16.3. The van der Waals surface area contributed by atoms with Crippen LogP contribution < -0.4 is 10.6 Å². The molecule has 1 unspecified atom stereocenters. The van der Waals surface area contributed by atoms with Crippen LogP contribution in [0.2, 0.25) is 0 Å². The second-order valence-corrected chi connectivity index (χ2v) is 7.46. The van der Waals surface area contributed by atoms with E-state index < -0.39 is 0 Å². The minimum atomic E-state index is 0.462. The molecule has 146 valence electrons. The molecule has 2 heterocycles. The smallest absolute Gasteiger partial charge is 0.191 e. The van der Waals surface area contributed by atoms with Crippen LogP contribution in [-0.2, 0) is 11.3 Å². The molecule has 0 bridgehead atoms. The summed E-state index contributed by atoms with van der Waals surface area (Å²) in [6, 6.07) is 10.3. The van der Waals surface area contributed by atoms with E-state index >= 15 is 0 Å². The van der Waals surface area contributed by atoms with Gasteiger partial charge in [-0.3, -0.25) is 0 Å². The number of nitrogens with one attached hydrogen (secondary N) is 2. The van der Waals surface area contributed by atoms with Crippen LogP contribution in [0, 0.1) is 17.2 Å². The molecule has 2 fully saturated rings. The Bertz CT molecular complexity index is 655. The van der Waals surface area contributed by atoms with Gasteiger partial charge in [0.05, 0.1) is 24.8 Å². The average Bonchev–Trinajstić information content (AvgIpc) is 3.21. The number of nitrogens with zero attached hydrogens (tertiary/aromatic N) is 3. The van der Waals surface area contributed by atoms with Crippen molar-refractivity contribution in [2.75, 3.05) is 39.4 Å². The van der Waals surface area contributed by atoms with Crippen LogP contribution in [0.1, 0.15) is 37.3 Å². The molecule has 1 atom stereocenters. The fourth-order valence-electron chi connectivity index (χ4n) is 3.78. The van der Waals surface area contributed by atoms with Crippen LogP contribution in [0.3, 0.4) is 0 Å². The molecule has 2 aliphatic rings. The van der Waals surface area contributed by atoms with Gasteiger partial charge in [-0.05, 0) is 49.8 Å². The standard InChI is InChI=1S/C21H31N5O/c1-2-23-21(24-14-18-5-3-4-17(12-18)13-22)25-20-6-9-26(10-7-20)15-19-8-11-27-16-19/h3-5,12,19-20H,2,6-11,14-16H2,1H3,(H2,23,24,25). The van der Waals surface area contributed by atoms with Crippen molar-refractivity contribution in [3.63, 3.8) is 0 Å². The SMILES string of the molecule is CCNC(=NCc1cccc(C#N)c1)NC1CCN(CC2CCOC2)CC1. The van der Waals surface area contributed by atoms with Gasteiger partial charge in [-0.1, -0.05) is 12.1 Å². The first-order valence-corrected chi connectivity index (χ1v) is 10.1. The van der Waals surface area contributed by atoms with E-state index in [2.05, 4.69) is 28.5 Å². The molecule has 1 aromatic carbocycles. The molecule has 1 aromatic rings. The summed E-state index contributed by atoms with van der Waals surface area (Å²) < 4.78 is 5.50. The van der Waals surface area contributed by atoms with Crippen LogP contribution >= 0.6 is 0 Å². The van der Waals surface area contributed by atoms with Gasteiger partial charge in [-0.25, -0.2) is 4.99 Å². The number of hydrogen-bond acceptors (Lipinski definition) is 4. The normalized spacial score (nSPS) is 21.8. The molecule has 6 heteroatoms. The van der Waals surface area contributed by atoms with Gasteiger partial charge < -0.3 is 20.3 Å². The molecule has 3 rings (SSSR count). The molecule has 2 N–H and O–H groups in total. The molecule has 0 aliphatic carbocycles. The monoisotopic (exact) mass is 369 g/mol. The average molecular weight is 370 g/mol. The molecule has 0 spiro atoms. The number of rotatable bonds is 6. The van der Waals surface area contributed by atoms with Gasteiger partial charge in [-0.15, -0.1) is 0 Å². The van der Waals surface area contributed by atoms with E-state index in [4.69, 9.17) is 15.0 Å². The highest BCUT2D eigenvalue weighted by Crippen LogP contribution is 2.17. The van der Waals surface area contributed by atoms with Crippen LogP contribution in [0.4, 0.5) is 0 Å². The predicted octanol–water partition coefficient (Wildman–Crippen LogP) is 2.11. The number of ether oxygens (including phenoxy) is 1. The number of aliphatic imine (C=N–C) groups is 1. The second kappa shape index (κ2) is 10.3. The minimum Gasteiger partial charge on any atom is -0.381 e. The molecular formula is C21H31N5O. The highest BCUT2D eigenvalue weighted by Gasteiger charge is 2.24. The van der Waals surface area contributed by atoms with Crippen molar-refractivity contribution >= 4 is 5.96 Å². The van der Waals surface area contributed by atoms with Crippen molar-refractivity contribution in [3.05, 3.63) is 35.4 Å². The minimum absolute atomic E-state index is 0.462. The molecule has 0 aromatic heterocycles. The Kier molecular flexibility index (Phi) is 7.49. The third kappa shape index (κ3) is 6.23. The molecule has 0 radical (unpaired) electrons. The van der Waals surface area contributed by atoms with E-state index in [0.29, 0.717) is 18.2 Å². The molecule has 0 saturated carbocycles. The molecule has 27 heavy (non-hydrogen) atoms.